The van der Waals surface area contributed by atoms with Crippen molar-refractivity contribution in [2.24, 2.45) is 0 Å². The van der Waals surface area contributed by atoms with Crippen molar-refractivity contribution >= 4 is 77.9 Å². The Kier molecular flexibility index (Phi) is 8.67. The largest absolute Gasteiger partial charge is 0.352 e. The maximum Gasteiger partial charge on any atom is 0.257 e. The van der Waals surface area contributed by atoms with Crippen molar-refractivity contribution in [2.45, 2.75) is 12.5 Å². The van der Waals surface area contributed by atoms with E-state index in [0.29, 0.717) is 27.4 Å². The lowest BCUT2D eigenvalue weighted by Crippen LogP contribution is -2.53. The van der Waals surface area contributed by atoms with Gasteiger partial charge in [0.05, 0.1) is 11.3 Å². The number of hydrogen-bond acceptors (Lipinski definition) is 6. The molecule has 0 aliphatic carbocycles. The highest BCUT2D eigenvalue weighted by Crippen LogP contribution is 2.36. The first kappa shape index (κ1) is 28.7. The minimum Gasteiger partial charge on any atom is -0.352 e. The number of thiocarbonyl (C=S) groups is 1. The number of hydrogen-bond donors (Lipinski definition) is 4. The second-order valence-electron chi connectivity index (χ2n) is 8.89. The van der Waals surface area contributed by atoms with Crippen LogP contribution in [-0.4, -0.2) is 38.1 Å². The zero-order valence-electron chi connectivity index (χ0n) is 20.9. The predicted octanol–water partition coefficient (Wildman–Crippen LogP) is 4.88. The Labute approximate surface area is 240 Å². The van der Waals surface area contributed by atoms with Gasteiger partial charge in [0.25, 0.3) is 11.8 Å². The maximum atomic E-state index is 12.8. The van der Waals surface area contributed by atoms with E-state index < -0.39 is 21.5 Å². The summed E-state index contributed by atoms with van der Waals surface area (Å²) in [5.41, 5.74) is 0.783. The Balaban J connectivity index is 1.65. The fourth-order valence-corrected chi connectivity index (χ4v) is 6.67. The summed E-state index contributed by atoms with van der Waals surface area (Å²) in [7, 11) is -2.39. The molecule has 2 amide bonds. The lowest BCUT2D eigenvalue weighted by atomic mass is 9.93. The third kappa shape index (κ3) is 7.00. The Hall–Kier alpha value is -3.35. The van der Waals surface area contributed by atoms with Crippen LogP contribution in [0.4, 0.5) is 5.69 Å². The van der Waals surface area contributed by atoms with Gasteiger partial charge in [-0.15, -0.1) is 11.3 Å². The Morgan fingerprint density at radius 3 is 2.31 bits per heavy atom. The monoisotopic (exact) mass is 600 g/mol. The normalized spacial score (nSPS) is 12.9. The minimum atomic E-state index is -3.73. The number of carbonyl (C=O) groups is 2. The second-order valence-corrected chi connectivity index (χ2v) is 12.6. The Morgan fingerprint density at radius 1 is 0.974 bits per heavy atom. The van der Waals surface area contributed by atoms with Gasteiger partial charge >= 0.3 is 0 Å². The van der Waals surface area contributed by atoms with Gasteiger partial charge in [0.2, 0.25) is 10.0 Å². The van der Waals surface area contributed by atoms with E-state index >= 15 is 0 Å². The number of anilines is 1. The Bertz CT molecular complexity index is 1640. The van der Waals surface area contributed by atoms with Crippen LogP contribution in [-0.2, 0) is 15.6 Å². The van der Waals surface area contributed by atoms with Crippen molar-refractivity contribution < 1.29 is 18.0 Å². The van der Waals surface area contributed by atoms with Gasteiger partial charge in [0.1, 0.15) is 0 Å². The van der Waals surface area contributed by atoms with Gasteiger partial charge < -0.3 is 10.6 Å². The van der Waals surface area contributed by atoms with Crippen LogP contribution in [0.25, 0.3) is 10.1 Å². The summed E-state index contributed by atoms with van der Waals surface area (Å²) >= 11 is 12.8. The number of carbonyl (C=O) groups excluding carboxylic acids is 2. The van der Waals surface area contributed by atoms with Gasteiger partial charge in [0, 0.05) is 31.9 Å². The molecule has 0 aliphatic rings. The molecule has 4 aromatic rings. The molecule has 1 atom stereocenters. The van der Waals surface area contributed by atoms with Gasteiger partial charge in [-0.1, -0.05) is 29.8 Å². The van der Waals surface area contributed by atoms with E-state index in [1.807, 2.05) is 11.4 Å². The van der Waals surface area contributed by atoms with E-state index in [9.17, 15) is 18.0 Å². The van der Waals surface area contributed by atoms with Crippen LogP contribution < -0.4 is 20.7 Å². The third-order valence-corrected chi connectivity index (χ3v) is 8.97. The van der Waals surface area contributed by atoms with Crippen molar-refractivity contribution in [3.05, 3.63) is 99.9 Å². The highest BCUT2D eigenvalue weighted by molar-refractivity contribution is 7.89. The molecule has 12 heteroatoms. The van der Waals surface area contributed by atoms with Crippen molar-refractivity contribution in [1.82, 2.24) is 15.4 Å². The van der Waals surface area contributed by atoms with Crippen LogP contribution in [0.5, 0.6) is 0 Å². The molecule has 0 radical (unpaired) electrons. The summed E-state index contributed by atoms with van der Waals surface area (Å²) < 4.78 is 28.7. The molecule has 202 valence electrons. The Morgan fingerprint density at radius 2 is 1.64 bits per heavy atom. The highest BCUT2D eigenvalue weighted by Gasteiger charge is 2.35. The first-order valence-electron chi connectivity index (χ1n) is 11.7. The van der Waals surface area contributed by atoms with Crippen molar-refractivity contribution in [3.63, 3.8) is 0 Å². The molecule has 4 rings (SSSR count). The van der Waals surface area contributed by atoms with Crippen molar-refractivity contribution in [2.75, 3.05) is 18.1 Å². The topological polar surface area (TPSA) is 116 Å². The van der Waals surface area contributed by atoms with E-state index in [2.05, 4.69) is 20.7 Å². The fraction of sp³-hybridized carbons (Fsp3) is 0.148. The molecule has 0 spiro atoms. The SMILES string of the molecule is CNS(=O)(=O)CC(C)(NC(=S)NC(=O)c1ccccc1)c1csc2ccc(NC(=O)c3ccc(Cl)cc3)cc12. The van der Waals surface area contributed by atoms with Crippen LogP contribution in [0.3, 0.4) is 0 Å². The summed E-state index contributed by atoms with van der Waals surface area (Å²) in [5.74, 6) is -1.11. The molecule has 1 heterocycles. The predicted molar refractivity (Wildman–Crippen MR) is 161 cm³/mol. The number of rotatable bonds is 8. The number of sulfonamides is 1. The van der Waals surface area contributed by atoms with Crippen LogP contribution in [0.1, 0.15) is 33.2 Å². The lowest BCUT2D eigenvalue weighted by molar-refractivity contribution is 0.0974. The lowest BCUT2D eigenvalue weighted by Gasteiger charge is -2.32. The van der Waals surface area contributed by atoms with E-state index in [1.165, 1.54) is 18.4 Å². The number of fused-ring (bicyclic) bond motifs is 1. The number of benzene rings is 3. The van der Waals surface area contributed by atoms with E-state index in [-0.39, 0.29) is 16.8 Å². The molecule has 3 aromatic carbocycles. The molecular weight excluding hydrogens is 576 g/mol. The van der Waals surface area contributed by atoms with Gasteiger partial charge in [-0.2, -0.15) is 0 Å². The summed E-state index contributed by atoms with van der Waals surface area (Å²) in [6.07, 6.45) is 0. The van der Waals surface area contributed by atoms with Crippen molar-refractivity contribution in [3.8, 4) is 0 Å². The molecule has 0 saturated heterocycles. The van der Waals surface area contributed by atoms with Gasteiger partial charge in [-0.25, -0.2) is 13.1 Å². The fourth-order valence-electron chi connectivity index (χ4n) is 4.02. The molecule has 0 fully saturated rings. The van der Waals surface area contributed by atoms with E-state index in [4.69, 9.17) is 23.8 Å². The first-order valence-corrected chi connectivity index (χ1v) is 15.0. The average Bonchev–Trinajstić information content (AvgIpc) is 3.33. The molecule has 0 saturated carbocycles. The quantitative estimate of drug-likeness (QED) is 0.214. The maximum absolute atomic E-state index is 12.8. The second kappa shape index (κ2) is 11.8. The summed E-state index contributed by atoms with van der Waals surface area (Å²) in [6, 6.07) is 20.5. The number of halogens is 1. The molecule has 0 bridgehead atoms. The smallest absolute Gasteiger partial charge is 0.257 e. The van der Waals surface area contributed by atoms with Crippen LogP contribution in [0.2, 0.25) is 5.02 Å². The molecular formula is C27H25ClN4O4S3. The van der Waals surface area contributed by atoms with Gasteiger partial charge in [0.15, 0.2) is 5.11 Å². The molecule has 39 heavy (non-hydrogen) atoms. The van der Waals surface area contributed by atoms with Crippen LogP contribution in [0, 0.1) is 0 Å². The van der Waals surface area contributed by atoms with Crippen LogP contribution in [0.15, 0.2) is 78.2 Å². The van der Waals surface area contributed by atoms with Gasteiger partial charge in [-0.3, -0.25) is 14.9 Å². The molecule has 1 aromatic heterocycles. The number of thiophene rings is 1. The molecule has 0 aliphatic heterocycles. The highest BCUT2D eigenvalue weighted by atomic mass is 35.5. The molecule has 4 N–H and O–H groups in total. The average molecular weight is 601 g/mol. The zero-order valence-corrected chi connectivity index (χ0v) is 24.2. The molecule has 8 nitrogen and oxygen atoms in total. The van der Waals surface area contributed by atoms with Gasteiger partial charge in [-0.05, 0) is 91.7 Å². The first-order chi connectivity index (χ1) is 18.5. The van der Waals surface area contributed by atoms with E-state index in [1.54, 1.807) is 73.7 Å². The van der Waals surface area contributed by atoms with Crippen LogP contribution >= 0.6 is 35.2 Å². The van der Waals surface area contributed by atoms with Crippen molar-refractivity contribution in [1.29, 1.82) is 0 Å². The number of nitrogens with one attached hydrogen (secondary N) is 4. The minimum absolute atomic E-state index is 0.0239. The summed E-state index contributed by atoms with van der Waals surface area (Å²) in [6.45, 7) is 1.70. The molecule has 1 unspecified atom stereocenters. The number of amides is 2. The zero-order chi connectivity index (χ0) is 28.2. The standard InChI is InChI=1S/C27H25ClN4O4S3/c1-27(16-39(35,36)29-2,32-26(37)31-25(34)17-6-4-3-5-7-17)22-15-38-23-13-12-20(14-21(22)23)30-24(33)18-8-10-19(28)11-9-18/h3-15,29H,16H2,1-2H3,(H,30,33)(H2,31,32,34,37). The summed E-state index contributed by atoms with van der Waals surface area (Å²) in [4.78, 5) is 25.4. The third-order valence-electron chi connectivity index (χ3n) is 5.97. The summed E-state index contributed by atoms with van der Waals surface area (Å²) in [5, 5.41) is 11.6. The van der Waals surface area contributed by atoms with E-state index in [0.717, 1.165) is 10.1 Å².